The highest BCUT2D eigenvalue weighted by Gasteiger charge is 2.20. The molecule has 0 aromatic rings. The van der Waals surface area contributed by atoms with Crippen molar-refractivity contribution < 1.29 is 0 Å². The number of hydrogen-bond donors (Lipinski definition) is 1. The van der Waals surface area contributed by atoms with Crippen molar-refractivity contribution in [2.45, 2.75) is 52.4 Å². The molecule has 2 aliphatic rings. The molecule has 19 heavy (non-hydrogen) atoms. The molecule has 1 aliphatic heterocycles. The van der Waals surface area contributed by atoms with Crippen molar-refractivity contribution in [3.8, 4) is 0 Å². The van der Waals surface area contributed by atoms with E-state index in [2.05, 4.69) is 24.1 Å². The molecule has 2 rings (SSSR count). The fourth-order valence-corrected chi connectivity index (χ4v) is 3.30. The summed E-state index contributed by atoms with van der Waals surface area (Å²) < 4.78 is 0. The first-order chi connectivity index (χ1) is 8.79. The van der Waals surface area contributed by atoms with Gasteiger partial charge in [0.25, 0.3) is 0 Å². The van der Waals surface area contributed by atoms with Gasteiger partial charge in [-0.3, -0.25) is 4.99 Å². The lowest BCUT2D eigenvalue weighted by Crippen LogP contribution is -2.40. The van der Waals surface area contributed by atoms with Gasteiger partial charge in [-0.15, -0.1) is 24.0 Å². The zero-order valence-electron chi connectivity index (χ0n) is 12.5. The summed E-state index contributed by atoms with van der Waals surface area (Å²) in [5, 5.41) is 3.45. The van der Waals surface area contributed by atoms with Gasteiger partial charge in [-0.1, -0.05) is 19.8 Å². The highest BCUT2D eigenvalue weighted by atomic mass is 127. The van der Waals surface area contributed by atoms with Crippen LogP contribution < -0.4 is 5.32 Å². The van der Waals surface area contributed by atoms with Crippen LogP contribution in [0.4, 0.5) is 0 Å². The molecule has 0 bridgehead atoms. The van der Waals surface area contributed by atoms with Gasteiger partial charge in [0, 0.05) is 26.2 Å². The Hall–Kier alpha value is 0. The number of nitrogens with one attached hydrogen (secondary N) is 1. The van der Waals surface area contributed by atoms with Crippen molar-refractivity contribution in [1.82, 2.24) is 10.2 Å². The average molecular weight is 379 g/mol. The minimum atomic E-state index is 0. The number of aliphatic imine (C=N–C) groups is 1. The Bertz CT molecular complexity index is 275. The van der Waals surface area contributed by atoms with Crippen LogP contribution in [0.5, 0.6) is 0 Å². The summed E-state index contributed by atoms with van der Waals surface area (Å²) in [6.07, 6.45) is 8.24. The summed E-state index contributed by atoms with van der Waals surface area (Å²) in [5.74, 6) is 2.89. The van der Waals surface area contributed by atoms with Crippen LogP contribution in [-0.2, 0) is 0 Å². The predicted molar refractivity (Wildman–Crippen MR) is 93.3 cm³/mol. The van der Waals surface area contributed by atoms with E-state index in [4.69, 9.17) is 4.99 Å². The Morgan fingerprint density at radius 2 is 1.95 bits per heavy atom. The van der Waals surface area contributed by atoms with Crippen molar-refractivity contribution in [2.75, 3.05) is 26.2 Å². The minimum Gasteiger partial charge on any atom is -0.357 e. The zero-order valence-corrected chi connectivity index (χ0v) is 14.9. The highest BCUT2D eigenvalue weighted by Crippen LogP contribution is 2.28. The normalized spacial score (nSPS) is 28.1. The maximum Gasteiger partial charge on any atom is 0.193 e. The molecule has 0 amide bonds. The SMILES string of the molecule is CCNC(=NCC1CCCC(C)C1)N1CCCC1.I. The number of rotatable bonds is 3. The second-order valence-corrected chi connectivity index (χ2v) is 6.03. The fraction of sp³-hybridized carbons (Fsp3) is 0.933. The average Bonchev–Trinajstić information content (AvgIpc) is 2.88. The first kappa shape index (κ1) is 17.1. The minimum absolute atomic E-state index is 0. The zero-order chi connectivity index (χ0) is 12.8. The van der Waals surface area contributed by atoms with Gasteiger partial charge in [0.05, 0.1) is 0 Å². The molecule has 1 aliphatic carbocycles. The van der Waals surface area contributed by atoms with Crippen molar-refractivity contribution in [3.63, 3.8) is 0 Å². The predicted octanol–water partition coefficient (Wildman–Crippen LogP) is 3.49. The molecule has 2 unspecified atom stereocenters. The molecule has 0 aromatic heterocycles. The van der Waals surface area contributed by atoms with E-state index in [1.54, 1.807) is 0 Å². The smallest absolute Gasteiger partial charge is 0.193 e. The maximum absolute atomic E-state index is 4.89. The summed E-state index contributed by atoms with van der Waals surface area (Å²) in [5.41, 5.74) is 0. The van der Waals surface area contributed by atoms with Gasteiger partial charge >= 0.3 is 0 Å². The van der Waals surface area contributed by atoms with Gasteiger partial charge in [0.2, 0.25) is 0 Å². The molecule has 112 valence electrons. The van der Waals surface area contributed by atoms with Crippen molar-refractivity contribution in [2.24, 2.45) is 16.8 Å². The van der Waals surface area contributed by atoms with E-state index < -0.39 is 0 Å². The van der Waals surface area contributed by atoms with Crippen LogP contribution >= 0.6 is 24.0 Å². The fourth-order valence-electron chi connectivity index (χ4n) is 3.30. The Balaban J connectivity index is 0.00000180. The number of hydrogen-bond acceptors (Lipinski definition) is 1. The largest absolute Gasteiger partial charge is 0.357 e. The van der Waals surface area contributed by atoms with Crippen LogP contribution in [-0.4, -0.2) is 37.0 Å². The number of guanidine groups is 1. The summed E-state index contributed by atoms with van der Waals surface area (Å²) in [6, 6.07) is 0. The van der Waals surface area contributed by atoms with Crippen LogP contribution in [0.3, 0.4) is 0 Å². The standard InChI is InChI=1S/C15H29N3.HI/c1-3-16-15(18-9-4-5-10-18)17-12-14-8-6-7-13(2)11-14;/h13-14H,3-12H2,1-2H3,(H,16,17);1H. The van der Waals surface area contributed by atoms with E-state index in [1.165, 1.54) is 51.6 Å². The molecule has 1 saturated heterocycles. The van der Waals surface area contributed by atoms with Gasteiger partial charge in [0.1, 0.15) is 0 Å². The molecule has 2 fully saturated rings. The second kappa shape index (κ2) is 9.03. The van der Waals surface area contributed by atoms with Crippen molar-refractivity contribution in [3.05, 3.63) is 0 Å². The summed E-state index contributed by atoms with van der Waals surface area (Å²) >= 11 is 0. The molecule has 0 radical (unpaired) electrons. The summed E-state index contributed by atoms with van der Waals surface area (Å²) in [6.45, 7) is 8.94. The van der Waals surface area contributed by atoms with E-state index in [0.717, 1.165) is 30.9 Å². The maximum atomic E-state index is 4.89. The van der Waals surface area contributed by atoms with Crippen LogP contribution in [0.25, 0.3) is 0 Å². The van der Waals surface area contributed by atoms with Gasteiger partial charge in [-0.05, 0) is 44.4 Å². The van der Waals surface area contributed by atoms with Gasteiger partial charge in [-0.25, -0.2) is 0 Å². The van der Waals surface area contributed by atoms with E-state index in [0.29, 0.717) is 0 Å². The Kier molecular flexibility index (Phi) is 8.11. The Labute approximate surface area is 135 Å². The molecule has 1 N–H and O–H groups in total. The Morgan fingerprint density at radius 3 is 2.58 bits per heavy atom. The number of nitrogens with zero attached hydrogens (tertiary/aromatic N) is 2. The molecule has 0 spiro atoms. The summed E-state index contributed by atoms with van der Waals surface area (Å²) in [4.78, 5) is 7.31. The molecule has 1 heterocycles. The van der Waals surface area contributed by atoms with Gasteiger partial charge < -0.3 is 10.2 Å². The first-order valence-electron chi connectivity index (χ1n) is 7.83. The quantitative estimate of drug-likeness (QED) is 0.462. The third-order valence-corrected chi connectivity index (χ3v) is 4.28. The lowest BCUT2D eigenvalue weighted by molar-refractivity contribution is 0.288. The van der Waals surface area contributed by atoms with E-state index in [9.17, 15) is 0 Å². The topological polar surface area (TPSA) is 27.6 Å². The van der Waals surface area contributed by atoms with Crippen molar-refractivity contribution >= 4 is 29.9 Å². The molecule has 1 saturated carbocycles. The van der Waals surface area contributed by atoms with Crippen LogP contribution in [0, 0.1) is 11.8 Å². The number of halogens is 1. The molecular formula is C15H30IN3. The molecule has 2 atom stereocenters. The molecular weight excluding hydrogens is 349 g/mol. The van der Waals surface area contributed by atoms with E-state index >= 15 is 0 Å². The van der Waals surface area contributed by atoms with Gasteiger partial charge in [0.15, 0.2) is 5.96 Å². The monoisotopic (exact) mass is 379 g/mol. The van der Waals surface area contributed by atoms with Crippen LogP contribution in [0.15, 0.2) is 4.99 Å². The molecule has 3 nitrogen and oxygen atoms in total. The van der Waals surface area contributed by atoms with Crippen LogP contribution in [0.2, 0.25) is 0 Å². The van der Waals surface area contributed by atoms with E-state index in [1.807, 2.05) is 0 Å². The second-order valence-electron chi connectivity index (χ2n) is 6.03. The third kappa shape index (κ3) is 5.48. The Morgan fingerprint density at radius 1 is 1.21 bits per heavy atom. The first-order valence-corrected chi connectivity index (χ1v) is 7.83. The van der Waals surface area contributed by atoms with Gasteiger partial charge in [-0.2, -0.15) is 0 Å². The van der Waals surface area contributed by atoms with E-state index in [-0.39, 0.29) is 24.0 Å². The van der Waals surface area contributed by atoms with Crippen molar-refractivity contribution in [1.29, 1.82) is 0 Å². The lowest BCUT2D eigenvalue weighted by Gasteiger charge is -2.26. The molecule has 4 heteroatoms. The third-order valence-electron chi connectivity index (χ3n) is 4.28. The highest BCUT2D eigenvalue weighted by molar-refractivity contribution is 14.0. The molecule has 0 aromatic carbocycles. The summed E-state index contributed by atoms with van der Waals surface area (Å²) in [7, 11) is 0. The van der Waals surface area contributed by atoms with Crippen LogP contribution in [0.1, 0.15) is 52.4 Å². The number of likely N-dealkylation sites (tertiary alicyclic amines) is 1. The lowest BCUT2D eigenvalue weighted by atomic mass is 9.82.